The minimum absolute atomic E-state index is 0. The van der Waals surface area contributed by atoms with Crippen molar-refractivity contribution in [3.05, 3.63) is 48.4 Å². The number of rotatable bonds is 4. The van der Waals surface area contributed by atoms with E-state index in [1.54, 1.807) is 19.5 Å². The Morgan fingerprint density at radius 2 is 2.21 bits per heavy atom. The van der Waals surface area contributed by atoms with Crippen LogP contribution in [0.4, 0.5) is 5.95 Å². The van der Waals surface area contributed by atoms with Gasteiger partial charge in [-0.1, -0.05) is 12.7 Å². The highest BCUT2D eigenvalue weighted by Crippen LogP contribution is 2.33. The van der Waals surface area contributed by atoms with E-state index in [1.165, 1.54) is 5.57 Å². The molecule has 1 aromatic carbocycles. The Morgan fingerprint density at radius 1 is 1.32 bits per heavy atom. The van der Waals surface area contributed by atoms with Gasteiger partial charge in [0.2, 0.25) is 5.95 Å². The number of aromatic amines is 1. The molecule has 1 saturated heterocycles. The fourth-order valence-corrected chi connectivity index (χ4v) is 3.85. The number of ether oxygens (including phenoxy) is 1. The molecule has 7 nitrogen and oxygen atoms in total. The average Bonchev–Trinajstić information content (AvgIpc) is 3.41. The van der Waals surface area contributed by atoms with Gasteiger partial charge in [-0.15, -0.1) is 12.4 Å². The summed E-state index contributed by atoms with van der Waals surface area (Å²) in [5.41, 5.74) is 5.66. The largest absolute Gasteiger partial charge is 0.496 e. The molecule has 0 aliphatic carbocycles. The third-order valence-corrected chi connectivity index (χ3v) is 5.27. The zero-order valence-electron chi connectivity index (χ0n) is 15.5. The Bertz CT molecular complexity index is 1080. The summed E-state index contributed by atoms with van der Waals surface area (Å²) in [5, 5.41) is 3.31. The molecule has 5 rings (SSSR count). The van der Waals surface area contributed by atoms with Gasteiger partial charge in [0.05, 0.1) is 13.4 Å². The third-order valence-electron chi connectivity index (χ3n) is 5.27. The first kappa shape index (κ1) is 18.3. The summed E-state index contributed by atoms with van der Waals surface area (Å²) in [4.78, 5) is 19.4. The number of nitrogens with one attached hydrogen (secondary N) is 2. The maximum absolute atomic E-state index is 5.40. The molecule has 1 atom stereocenters. The number of hydrogen-bond acceptors (Lipinski definition) is 6. The molecule has 144 valence electrons. The molecule has 2 N–H and O–H groups in total. The van der Waals surface area contributed by atoms with Gasteiger partial charge < -0.3 is 19.9 Å². The van der Waals surface area contributed by atoms with Crippen LogP contribution in [-0.4, -0.2) is 46.7 Å². The Labute approximate surface area is 169 Å². The van der Waals surface area contributed by atoms with Crippen LogP contribution in [0.1, 0.15) is 5.56 Å². The molecule has 3 aromatic rings. The molecule has 1 fully saturated rings. The molecule has 0 spiro atoms. The molecule has 4 heterocycles. The first-order chi connectivity index (χ1) is 13.3. The van der Waals surface area contributed by atoms with E-state index < -0.39 is 0 Å². The van der Waals surface area contributed by atoms with Crippen molar-refractivity contribution in [2.75, 3.05) is 31.6 Å². The molecular formula is C20H21ClN6O. The Balaban J connectivity index is 0.00000192. The van der Waals surface area contributed by atoms with E-state index in [1.807, 2.05) is 18.2 Å². The fourth-order valence-electron chi connectivity index (χ4n) is 3.85. The van der Waals surface area contributed by atoms with Crippen LogP contribution in [0, 0.1) is 5.92 Å². The summed E-state index contributed by atoms with van der Waals surface area (Å²) in [6.07, 6.45) is 5.57. The molecule has 0 radical (unpaired) electrons. The number of fused-ring (bicyclic) bond motifs is 2. The van der Waals surface area contributed by atoms with Crippen molar-refractivity contribution in [2.24, 2.45) is 5.92 Å². The maximum Gasteiger partial charge on any atom is 0.228 e. The number of methoxy groups -OCH3 is 1. The van der Waals surface area contributed by atoms with Gasteiger partial charge in [-0.3, -0.25) is 0 Å². The second kappa shape index (κ2) is 7.16. The highest BCUT2D eigenvalue weighted by atomic mass is 35.5. The summed E-state index contributed by atoms with van der Waals surface area (Å²) >= 11 is 0. The predicted molar refractivity (Wildman–Crippen MR) is 113 cm³/mol. The molecule has 0 saturated carbocycles. The Hall–Kier alpha value is -3.06. The van der Waals surface area contributed by atoms with Gasteiger partial charge in [0, 0.05) is 36.7 Å². The number of aromatic nitrogens is 4. The van der Waals surface area contributed by atoms with Gasteiger partial charge in [0.1, 0.15) is 17.0 Å². The fraction of sp³-hybridized carbons (Fsp3) is 0.250. The summed E-state index contributed by atoms with van der Waals surface area (Å²) in [5.74, 6) is 2.05. The van der Waals surface area contributed by atoms with Crippen molar-refractivity contribution >= 4 is 35.6 Å². The van der Waals surface area contributed by atoms with Crippen LogP contribution < -0.4 is 15.0 Å². The van der Waals surface area contributed by atoms with E-state index in [0.29, 0.717) is 11.6 Å². The molecule has 0 amide bonds. The molecular weight excluding hydrogens is 376 g/mol. The van der Waals surface area contributed by atoms with Crippen molar-refractivity contribution in [1.29, 1.82) is 0 Å². The number of nitrogens with zero attached hydrogens (tertiary/aromatic N) is 4. The monoisotopic (exact) mass is 396 g/mol. The number of imidazole rings is 1. The van der Waals surface area contributed by atoms with E-state index in [-0.39, 0.29) is 12.4 Å². The molecule has 28 heavy (non-hydrogen) atoms. The molecule has 2 aromatic heterocycles. The molecule has 2 aliphatic rings. The zero-order valence-corrected chi connectivity index (χ0v) is 16.3. The number of benzene rings is 1. The second-order valence-corrected chi connectivity index (χ2v) is 6.84. The van der Waals surface area contributed by atoms with Crippen molar-refractivity contribution in [1.82, 2.24) is 25.3 Å². The average molecular weight is 397 g/mol. The smallest absolute Gasteiger partial charge is 0.228 e. The lowest BCUT2D eigenvalue weighted by molar-refractivity contribution is 0.414. The van der Waals surface area contributed by atoms with E-state index >= 15 is 0 Å². The van der Waals surface area contributed by atoms with Gasteiger partial charge >= 0.3 is 0 Å². The number of hydrogen-bond donors (Lipinski definition) is 2. The standard InChI is InChI=1S/C20H20N6O.ClH/c1-3-12-6-13(4-5-16(12)27-2)17-18-19(23-11-22-18)25-20(24-17)26-9-14-7-21-8-15(14)10-26;/h3-7,11,15,21H,1,8-10H2,2H3,(H,22,23,24,25);1H. The zero-order chi connectivity index (χ0) is 18.4. The number of anilines is 1. The number of H-pyrrole nitrogens is 1. The van der Waals surface area contributed by atoms with E-state index in [2.05, 4.69) is 37.9 Å². The van der Waals surface area contributed by atoms with Crippen molar-refractivity contribution in [2.45, 2.75) is 0 Å². The normalized spacial score (nSPS) is 17.7. The van der Waals surface area contributed by atoms with Crippen LogP contribution in [0.25, 0.3) is 28.5 Å². The van der Waals surface area contributed by atoms with Crippen molar-refractivity contribution in [3.8, 4) is 17.0 Å². The van der Waals surface area contributed by atoms with Crippen LogP contribution in [0.15, 0.2) is 42.9 Å². The number of halogens is 1. The molecule has 8 heteroatoms. The van der Waals surface area contributed by atoms with Gasteiger partial charge in [0.15, 0.2) is 5.65 Å². The van der Waals surface area contributed by atoms with Crippen LogP contribution in [-0.2, 0) is 0 Å². The van der Waals surface area contributed by atoms with Crippen LogP contribution in [0.2, 0.25) is 0 Å². The second-order valence-electron chi connectivity index (χ2n) is 6.84. The van der Waals surface area contributed by atoms with Crippen LogP contribution in [0.5, 0.6) is 5.75 Å². The summed E-state index contributed by atoms with van der Waals surface area (Å²) in [7, 11) is 1.66. The SMILES string of the molecule is C=Cc1cc(-c2nc(N3CC4=CNCC4C3)nc3nc[nH]c23)ccc1OC.Cl. The van der Waals surface area contributed by atoms with Gasteiger partial charge in [-0.05, 0) is 30.0 Å². The lowest BCUT2D eigenvalue weighted by Crippen LogP contribution is -2.25. The van der Waals surface area contributed by atoms with Crippen molar-refractivity contribution in [3.63, 3.8) is 0 Å². The van der Waals surface area contributed by atoms with E-state index in [4.69, 9.17) is 9.72 Å². The van der Waals surface area contributed by atoms with Gasteiger partial charge in [-0.25, -0.2) is 9.97 Å². The Morgan fingerprint density at radius 3 is 3.00 bits per heavy atom. The first-order valence-electron chi connectivity index (χ1n) is 8.96. The quantitative estimate of drug-likeness (QED) is 0.705. The summed E-state index contributed by atoms with van der Waals surface area (Å²) in [6.45, 7) is 6.66. The minimum Gasteiger partial charge on any atom is -0.496 e. The van der Waals surface area contributed by atoms with Gasteiger partial charge in [-0.2, -0.15) is 4.98 Å². The van der Waals surface area contributed by atoms with Gasteiger partial charge in [0.25, 0.3) is 0 Å². The van der Waals surface area contributed by atoms with E-state index in [9.17, 15) is 0 Å². The molecule has 0 bridgehead atoms. The van der Waals surface area contributed by atoms with Crippen LogP contribution in [0.3, 0.4) is 0 Å². The minimum atomic E-state index is 0. The lowest BCUT2D eigenvalue weighted by Gasteiger charge is -2.17. The predicted octanol–water partition coefficient (Wildman–Crippen LogP) is 3.02. The highest BCUT2D eigenvalue weighted by Gasteiger charge is 2.32. The highest BCUT2D eigenvalue weighted by molar-refractivity contribution is 5.89. The molecule has 1 unspecified atom stereocenters. The topological polar surface area (TPSA) is 79.0 Å². The summed E-state index contributed by atoms with van der Waals surface area (Å²) < 4.78 is 5.40. The lowest BCUT2D eigenvalue weighted by atomic mass is 10.1. The molecule has 2 aliphatic heterocycles. The summed E-state index contributed by atoms with van der Waals surface area (Å²) in [6, 6.07) is 5.97. The Kier molecular flexibility index (Phi) is 4.68. The third kappa shape index (κ3) is 2.88. The maximum atomic E-state index is 5.40. The van der Waals surface area contributed by atoms with Crippen LogP contribution >= 0.6 is 12.4 Å². The van der Waals surface area contributed by atoms with Crippen molar-refractivity contribution < 1.29 is 4.74 Å². The first-order valence-corrected chi connectivity index (χ1v) is 8.96. The van der Waals surface area contributed by atoms with E-state index in [0.717, 1.165) is 53.7 Å².